The molecular weight excluding hydrogens is 377 g/mol. The maximum absolute atomic E-state index is 6.59. The summed E-state index contributed by atoms with van der Waals surface area (Å²) in [5.74, 6) is 0.868. The molecule has 5 rings (SSSR count). The Kier molecular flexibility index (Phi) is 4.07. The Morgan fingerprint density at radius 2 is 1.63 bits per heavy atom. The molecule has 0 radical (unpaired) electrons. The van der Waals surface area contributed by atoms with Gasteiger partial charge in [-0.25, -0.2) is 4.98 Å². The van der Waals surface area contributed by atoms with E-state index in [2.05, 4.69) is 34.1 Å². The molecule has 134 valence electrons. The number of anilines is 1. The predicted octanol–water partition coefficient (Wildman–Crippen LogP) is 6.49. The van der Waals surface area contributed by atoms with Crippen LogP contribution in [-0.4, -0.2) is 9.55 Å². The number of fused-ring (bicyclic) bond motifs is 3. The Morgan fingerprint density at radius 1 is 0.889 bits per heavy atom. The molecule has 1 aliphatic rings. The van der Waals surface area contributed by atoms with Crippen LogP contribution in [0.2, 0.25) is 10.0 Å². The van der Waals surface area contributed by atoms with Crippen molar-refractivity contribution in [1.82, 2.24) is 9.55 Å². The van der Waals surface area contributed by atoms with Gasteiger partial charge in [0.05, 0.1) is 23.1 Å². The monoisotopic (exact) mass is 393 g/mol. The number of nitrogens with one attached hydrogen (secondary N) is 1. The lowest BCUT2D eigenvalue weighted by atomic mass is 9.93. The molecule has 0 amide bonds. The average Bonchev–Trinajstić information content (AvgIpc) is 3.07. The van der Waals surface area contributed by atoms with Gasteiger partial charge in [0.1, 0.15) is 0 Å². The van der Waals surface area contributed by atoms with E-state index in [-0.39, 0.29) is 12.1 Å². The first-order chi connectivity index (χ1) is 13.2. The van der Waals surface area contributed by atoms with Crippen molar-refractivity contribution in [3.63, 3.8) is 0 Å². The third kappa shape index (κ3) is 2.88. The summed E-state index contributed by atoms with van der Waals surface area (Å²) in [6.07, 6.45) is 0.874. The SMILES string of the molecule is Clc1ccc([C@H]2C[C@H](c3ccccc3Cl)n3c(nc4ccccc43)N2)cc1. The molecule has 0 bridgehead atoms. The molecule has 0 spiro atoms. The van der Waals surface area contributed by atoms with Crippen LogP contribution in [0.25, 0.3) is 11.0 Å². The van der Waals surface area contributed by atoms with Gasteiger partial charge in [-0.2, -0.15) is 0 Å². The van der Waals surface area contributed by atoms with Crippen LogP contribution in [0.15, 0.2) is 72.8 Å². The average molecular weight is 394 g/mol. The number of hydrogen-bond donors (Lipinski definition) is 1. The first-order valence-electron chi connectivity index (χ1n) is 8.94. The molecule has 0 unspecified atom stereocenters. The van der Waals surface area contributed by atoms with E-state index >= 15 is 0 Å². The number of rotatable bonds is 2. The Balaban J connectivity index is 1.68. The smallest absolute Gasteiger partial charge is 0.204 e. The van der Waals surface area contributed by atoms with Crippen molar-refractivity contribution >= 4 is 40.2 Å². The van der Waals surface area contributed by atoms with Gasteiger partial charge in [-0.3, -0.25) is 0 Å². The topological polar surface area (TPSA) is 29.9 Å². The van der Waals surface area contributed by atoms with Gasteiger partial charge in [0.15, 0.2) is 0 Å². The van der Waals surface area contributed by atoms with Gasteiger partial charge in [-0.05, 0) is 47.9 Å². The molecule has 0 fully saturated rings. The van der Waals surface area contributed by atoms with Crippen LogP contribution >= 0.6 is 23.2 Å². The summed E-state index contributed by atoms with van der Waals surface area (Å²) in [7, 11) is 0. The van der Waals surface area contributed by atoms with Gasteiger partial charge in [0, 0.05) is 10.0 Å². The van der Waals surface area contributed by atoms with E-state index in [1.54, 1.807) is 0 Å². The quantitative estimate of drug-likeness (QED) is 0.421. The number of aromatic nitrogens is 2. The van der Waals surface area contributed by atoms with Crippen molar-refractivity contribution in [3.8, 4) is 0 Å². The van der Waals surface area contributed by atoms with Gasteiger partial charge in [-0.15, -0.1) is 0 Å². The summed E-state index contributed by atoms with van der Waals surface area (Å²) in [4.78, 5) is 4.83. The lowest BCUT2D eigenvalue weighted by Crippen LogP contribution is -2.27. The molecule has 1 aliphatic heterocycles. The van der Waals surface area contributed by atoms with Crippen molar-refractivity contribution in [2.45, 2.75) is 18.5 Å². The van der Waals surface area contributed by atoms with E-state index in [1.807, 2.05) is 48.5 Å². The van der Waals surface area contributed by atoms with E-state index < -0.39 is 0 Å². The third-order valence-corrected chi connectivity index (χ3v) is 5.80. The standard InChI is InChI=1S/C22H17Cl2N3/c23-15-11-9-14(10-12-15)19-13-21(16-5-1-2-6-17(16)24)27-20-8-4-3-7-18(20)25-22(27)26-19/h1-12,19,21H,13H2,(H,25,26)/t19-,21-/m1/s1. The molecule has 1 aromatic heterocycles. The normalized spacial score (nSPS) is 18.9. The minimum atomic E-state index is 0.100. The van der Waals surface area contributed by atoms with Crippen LogP contribution in [0.1, 0.15) is 29.6 Å². The van der Waals surface area contributed by atoms with Gasteiger partial charge >= 0.3 is 0 Å². The Morgan fingerprint density at radius 3 is 2.44 bits per heavy atom. The van der Waals surface area contributed by atoms with Gasteiger partial charge in [0.25, 0.3) is 0 Å². The molecule has 5 heteroatoms. The molecule has 27 heavy (non-hydrogen) atoms. The number of benzene rings is 3. The molecule has 3 aromatic carbocycles. The highest BCUT2D eigenvalue weighted by Gasteiger charge is 2.31. The number of para-hydroxylation sites is 2. The van der Waals surface area contributed by atoms with Gasteiger partial charge < -0.3 is 9.88 Å². The molecule has 0 saturated heterocycles. The minimum Gasteiger partial charge on any atom is -0.349 e. The number of nitrogens with zero attached hydrogens (tertiary/aromatic N) is 2. The second kappa shape index (κ2) is 6.59. The Labute approximate surface area is 167 Å². The van der Waals surface area contributed by atoms with Crippen LogP contribution < -0.4 is 5.32 Å². The maximum Gasteiger partial charge on any atom is 0.204 e. The van der Waals surface area contributed by atoms with Crippen molar-refractivity contribution in [3.05, 3.63) is 94.0 Å². The second-order valence-electron chi connectivity index (χ2n) is 6.82. The summed E-state index contributed by atoms with van der Waals surface area (Å²) >= 11 is 12.7. The van der Waals surface area contributed by atoms with Crippen LogP contribution in [0.4, 0.5) is 5.95 Å². The highest BCUT2D eigenvalue weighted by Crippen LogP contribution is 2.42. The Bertz CT molecular complexity index is 1120. The summed E-state index contributed by atoms with van der Waals surface area (Å²) < 4.78 is 2.27. The largest absolute Gasteiger partial charge is 0.349 e. The molecule has 2 atom stereocenters. The lowest BCUT2D eigenvalue weighted by Gasteiger charge is -2.34. The number of hydrogen-bond acceptors (Lipinski definition) is 2. The zero-order valence-electron chi connectivity index (χ0n) is 14.4. The van der Waals surface area contributed by atoms with Gasteiger partial charge in [-0.1, -0.05) is 65.7 Å². The van der Waals surface area contributed by atoms with Crippen molar-refractivity contribution < 1.29 is 0 Å². The highest BCUT2D eigenvalue weighted by molar-refractivity contribution is 6.31. The molecule has 2 heterocycles. The van der Waals surface area contributed by atoms with Gasteiger partial charge in [0.2, 0.25) is 5.95 Å². The van der Waals surface area contributed by atoms with E-state index in [9.17, 15) is 0 Å². The van der Waals surface area contributed by atoms with E-state index in [0.29, 0.717) is 0 Å². The molecule has 1 N–H and O–H groups in total. The fourth-order valence-electron chi connectivity index (χ4n) is 3.93. The lowest BCUT2D eigenvalue weighted by molar-refractivity contribution is 0.477. The van der Waals surface area contributed by atoms with Crippen LogP contribution in [0.5, 0.6) is 0 Å². The predicted molar refractivity (Wildman–Crippen MR) is 112 cm³/mol. The van der Waals surface area contributed by atoms with Crippen LogP contribution in [0.3, 0.4) is 0 Å². The van der Waals surface area contributed by atoms with Crippen molar-refractivity contribution in [2.75, 3.05) is 5.32 Å². The molecule has 4 aromatic rings. The van der Waals surface area contributed by atoms with Crippen molar-refractivity contribution in [2.24, 2.45) is 0 Å². The third-order valence-electron chi connectivity index (χ3n) is 5.21. The fourth-order valence-corrected chi connectivity index (χ4v) is 4.32. The first-order valence-corrected chi connectivity index (χ1v) is 9.70. The fraction of sp³-hybridized carbons (Fsp3) is 0.136. The maximum atomic E-state index is 6.59. The van der Waals surface area contributed by atoms with Crippen molar-refractivity contribution in [1.29, 1.82) is 0 Å². The molecular formula is C22H17Cl2N3. The van der Waals surface area contributed by atoms with E-state index in [0.717, 1.165) is 39.0 Å². The molecule has 0 saturated carbocycles. The van der Waals surface area contributed by atoms with E-state index in [4.69, 9.17) is 28.2 Å². The second-order valence-corrected chi connectivity index (χ2v) is 7.66. The van der Waals surface area contributed by atoms with Crippen LogP contribution in [0, 0.1) is 0 Å². The first kappa shape index (κ1) is 16.7. The highest BCUT2D eigenvalue weighted by atomic mass is 35.5. The Hall–Kier alpha value is -2.49. The molecule has 3 nitrogen and oxygen atoms in total. The number of imidazole rings is 1. The zero-order valence-corrected chi connectivity index (χ0v) is 16.0. The summed E-state index contributed by atoms with van der Waals surface area (Å²) in [5.41, 5.74) is 4.40. The molecule has 0 aliphatic carbocycles. The summed E-state index contributed by atoms with van der Waals surface area (Å²) in [5, 5.41) is 5.13. The minimum absolute atomic E-state index is 0.100. The van der Waals surface area contributed by atoms with E-state index in [1.165, 1.54) is 5.56 Å². The van der Waals surface area contributed by atoms with Crippen LogP contribution in [-0.2, 0) is 0 Å². The number of halogens is 2. The summed E-state index contributed by atoms with van der Waals surface area (Å²) in [6, 6.07) is 24.5. The zero-order chi connectivity index (χ0) is 18.4. The summed E-state index contributed by atoms with van der Waals surface area (Å²) in [6.45, 7) is 0.